The van der Waals surface area contributed by atoms with Gasteiger partial charge in [0.15, 0.2) is 4.77 Å². The van der Waals surface area contributed by atoms with Crippen molar-refractivity contribution in [2.75, 3.05) is 20.3 Å². The first-order chi connectivity index (χ1) is 10.2. The van der Waals surface area contributed by atoms with E-state index in [0.717, 1.165) is 40.4 Å². The van der Waals surface area contributed by atoms with E-state index in [1.54, 1.807) is 7.11 Å². The lowest BCUT2D eigenvalue weighted by Gasteiger charge is -2.28. The van der Waals surface area contributed by atoms with Gasteiger partial charge in [-0.25, -0.2) is 0 Å². The number of aromatic amines is 1. The van der Waals surface area contributed by atoms with Gasteiger partial charge in [0, 0.05) is 24.7 Å². The minimum atomic E-state index is 0.185. The van der Waals surface area contributed by atoms with Gasteiger partial charge >= 0.3 is 0 Å². The molecule has 0 fully saturated rings. The zero-order valence-electron chi connectivity index (χ0n) is 12.0. The maximum atomic E-state index is 5.88. The Balaban J connectivity index is 1.92. The number of H-pyrrole nitrogens is 1. The fourth-order valence-corrected chi connectivity index (χ4v) is 3.13. The minimum absolute atomic E-state index is 0.185. The highest BCUT2D eigenvalue weighted by atomic mass is 32.1. The molecule has 0 bridgehead atoms. The molecule has 2 aromatic rings. The summed E-state index contributed by atoms with van der Waals surface area (Å²) >= 11 is 5.40. The maximum Gasteiger partial charge on any atom is 0.177 e. The van der Waals surface area contributed by atoms with Gasteiger partial charge in [-0.2, -0.15) is 0 Å². The molecule has 1 aromatic heterocycles. The molecule has 21 heavy (non-hydrogen) atoms. The van der Waals surface area contributed by atoms with Crippen molar-refractivity contribution in [1.82, 2.24) is 9.55 Å². The number of benzene rings is 1. The molecule has 1 aliphatic heterocycles. The van der Waals surface area contributed by atoms with Crippen LogP contribution in [0.25, 0.3) is 0 Å². The van der Waals surface area contributed by atoms with Crippen molar-refractivity contribution < 1.29 is 9.47 Å². The number of fused-ring (bicyclic) bond motifs is 1. The predicted octanol–water partition coefficient (Wildman–Crippen LogP) is 2.23. The van der Waals surface area contributed by atoms with Crippen molar-refractivity contribution in [3.63, 3.8) is 0 Å². The molecule has 5 nitrogen and oxygen atoms in total. The van der Waals surface area contributed by atoms with Gasteiger partial charge < -0.3 is 24.8 Å². The van der Waals surface area contributed by atoms with E-state index >= 15 is 0 Å². The Morgan fingerprint density at radius 3 is 3.14 bits per heavy atom. The highest BCUT2D eigenvalue weighted by Crippen LogP contribution is 2.33. The fraction of sp³-hybridized carbons (Fsp3) is 0.400. The Kier molecular flexibility index (Phi) is 3.98. The molecule has 2 heterocycles. The van der Waals surface area contributed by atoms with E-state index in [4.69, 9.17) is 27.4 Å². The normalized spacial score (nSPS) is 17.1. The summed E-state index contributed by atoms with van der Waals surface area (Å²) in [6, 6.07) is 6.09. The first-order valence-corrected chi connectivity index (χ1v) is 7.42. The van der Waals surface area contributed by atoms with Crippen molar-refractivity contribution in [3.05, 3.63) is 40.4 Å². The van der Waals surface area contributed by atoms with Crippen LogP contribution in [0.5, 0.6) is 11.5 Å². The molecule has 3 N–H and O–H groups in total. The van der Waals surface area contributed by atoms with Crippen LogP contribution in [-0.2, 0) is 12.8 Å². The topological polar surface area (TPSA) is 65.2 Å². The first-order valence-electron chi connectivity index (χ1n) is 7.01. The van der Waals surface area contributed by atoms with E-state index in [-0.39, 0.29) is 6.04 Å². The number of nitrogens with two attached hydrogens (primary N) is 1. The SMILES string of the molecule is COc1ccc2c(c1)C[C@H](n1c(CCN)c[nH]c1=S)CO2. The van der Waals surface area contributed by atoms with Gasteiger partial charge in [0.2, 0.25) is 0 Å². The third-order valence-electron chi connectivity index (χ3n) is 3.81. The second kappa shape index (κ2) is 5.91. The van der Waals surface area contributed by atoms with E-state index in [1.165, 1.54) is 0 Å². The van der Waals surface area contributed by atoms with Crippen molar-refractivity contribution in [1.29, 1.82) is 0 Å². The summed E-state index contributed by atoms with van der Waals surface area (Å²) in [5, 5.41) is 0. The van der Waals surface area contributed by atoms with Crippen molar-refractivity contribution >= 4 is 12.2 Å². The first kappa shape index (κ1) is 14.2. The molecule has 0 unspecified atom stereocenters. The van der Waals surface area contributed by atoms with Gasteiger partial charge in [-0.15, -0.1) is 0 Å². The summed E-state index contributed by atoms with van der Waals surface area (Å²) in [7, 11) is 1.67. The molecule has 0 radical (unpaired) electrons. The zero-order valence-corrected chi connectivity index (χ0v) is 12.8. The monoisotopic (exact) mass is 305 g/mol. The number of methoxy groups -OCH3 is 1. The molecule has 3 rings (SSSR count). The van der Waals surface area contributed by atoms with Crippen LogP contribution in [0.1, 0.15) is 17.3 Å². The van der Waals surface area contributed by atoms with Gasteiger partial charge in [-0.3, -0.25) is 0 Å². The van der Waals surface area contributed by atoms with E-state index in [9.17, 15) is 0 Å². The molecular formula is C15H19N3O2S. The fourth-order valence-electron chi connectivity index (χ4n) is 2.80. The number of nitrogens with one attached hydrogen (secondary N) is 1. The Morgan fingerprint density at radius 2 is 2.38 bits per heavy atom. The third kappa shape index (κ3) is 2.69. The van der Waals surface area contributed by atoms with Gasteiger partial charge in [0.1, 0.15) is 18.1 Å². The van der Waals surface area contributed by atoms with Crippen LogP contribution in [0, 0.1) is 4.77 Å². The molecule has 0 saturated carbocycles. The molecule has 0 amide bonds. The van der Waals surface area contributed by atoms with E-state index in [0.29, 0.717) is 13.2 Å². The Bertz CT molecular complexity index is 692. The average Bonchev–Trinajstić information content (AvgIpc) is 2.87. The zero-order chi connectivity index (χ0) is 14.8. The van der Waals surface area contributed by atoms with Gasteiger partial charge in [-0.1, -0.05) is 0 Å². The summed E-state index contributed by atoms with van der Waals surface area (Å²) < 4.78 is 14.0. The van der Waals surface area contributed by atoms with Crippen molar-refractivity contribution in [2.24, 2.45) is 5.73 Å². The van der Waals surface area contributed by atoms with E-state index in [1.807, 2.05) is 24.4 Å². The molecule has 0 aliphatic carbocycles. The number of hydrogen-bond acceptors (Lipinski definition) is 4. The number of ether oxygens (including phenoxy) is 2. The Morgan fingerprint density at radius 1 is 1.52 bits per heavy atom. The molecule has 1 aliphatic rings. The van der Waals surface area contributed by atoms with E-state index in [2.05, 4.69) is 9.55 Å². The Hall–Kier alpha value is -1.79. The van der Waals surface area contributed by atoms with Crippen LogP contribution in [-0.4, -0.2) is 29.8 Å². The third-order valence-corrected chi connectivity index (χ3v) is 4.13. The van der Waals surface area contributed by atoms with Crippen LogP contribution >= 0.6 is 12.2 Å². The highest BCUT2D eigenvalue weighted by Gasteiger charge is 2.24. The van der Waals surface area contributed by atoms with Crippen LogP contribution in [0.4, 0.5) is 0 Å². The lowest BCUT2D eigenvalue weighted by atomic mass is 10.0. The number of rotatable bonds is 4. The molecule has 1 aromatic carbocycles. The smallest absolute Gasteiger partial charge is 0.177 e. The second-order valence-electron chi connectivity index (χ2n) is 5.14. The van der Waals surface area contributed by atoms with Gasteiger partial charge in [0.25, 0.3) is 0 Å². The predicted molar refractivity (Wildman–Crippen MR) is 83.6 cm³/mol. The summed E-state index contributed by atoms with van der Waals surface area (Å²) in [5.74, 6) is 1.77. The summed E-state index contributed by atoms with van der Waals surface area (Å²) in [6.45, 7) is 1.22. The number of imidazole rings is 1. The number of nitrogens with zero attached hydrogens (tertiary/aromatic N) is 1. The molecule has 0 saturated heterocycles. The number of aromatic nitrogens is 2. The van der Waals surface area contributed by atoms with Crippen LogP contribution in [0.3, 0.4) is 0 Å². The van der Waals surface area contributed by atoms with Gasteiger partial charge in [-0.05, 0) is 42.5 Å². The maximum absolute atomic E-state index is 5.88. The Labute approximate surface area is 128 Å². The summed E-state index contributed by atoms with van der Waals surface area (Å²) in [6.07, 6.45) is 3.61. The van der Waals surface area contributed by atoms with Crippen LogP contribution in [0.15, 0.2) is 24.4 Å². The van der Waals surface area contributed by atoms with Crippen molar-refractivity contribution in [3.8, 4) is 11.5 Å². The quantitative estimate of drug-likeness (QED) is 0.850. The standard InChI is InChI=1S/C15H19N3O2S/c1-19-13-2-3-14-10(7-13)6-12(9-20-14)18-11(4-5-16)8-17-15(18)21/h2-3,7-8,12H,4-6,9,16H2,1H3,(H,17,21)/t12-/m0/s1. The molecule has 1 atom stereocenters. The van der Waals surface area contributed by atoms with E-state index < -0.39 is 0 Å². The lowest BCUT2D eigenvalue weighted by Crippen LogP contribution is -2.26. The molecular weight excluding hydrogens is 286 g/mol. The van der Waals surface area contributed by atoms with Crippen molar-refractivity contribution in [2.45, 2.75) is 18.9 Å². The molecule has 0 spiro atoms. The summed E-state index contributed by atoms with van der Waals surface area (Å²) in [5.41, 5.74) is 7.95. The molecule has 6 heteroatoms. The minimum Gasteiger partial charge on any atom is -0.497 e. The van der Waals surface area contributed by atoms with Gasteiger partial charge in [0.05, 0.1) is 13.2 Å². The van der Waals surface area contributed by atoms with Crippen LogP contribution in [0.2, 0.25) is 0 Å². The number of hydrogen-bond donors (Lipinski definition) is 2. The van der Waals surface area contributed by atoms with Crippen LogP contribution < -0.4 is 15.2 Å². The average molecular weight is 305 g/mol. The lowest BCUT2D eigenvalue weighted by molar-refractivity contribution is 0.220. The molecule has 112 valence electrons. The largest absolute Gasteiger partial charge is 0.497 e. The highest BCUT2D eigenvalue weighted by molar-refractivity contribution is 7.71. The summed E-state index contributed by atoms with van der Waals surface area (Å²) in [4.78, 5) is 3.11. The second-order valence-corrected chi connectivity index (χ2v) is 5.52.